The standard InChI is InChI=1S/C24H22Cl2F2N2O2/c25-19-3-1-5-21(27)17(19)11-13-23(31)29-15-7-9-16(10-8-15)30-24(32)14-12-18-20(26)4-2-6-22(18)28/h1-6,11-16H,7-10H2,(H,29,31)(H,30,32)/b13-11+,14-12+. The second-order valence-electron chi connectivity index (χ2n) is 7.50. The molecule has 0 spiro atoms. The van der Waals surface area contributed by atoms with Gasteiger partial charge in [-0.25, -0.2) is 8.78 Å². The van der Waals surface area contributed by atoms with Gasteiger partial charge in [-0.15, -0.1) is 0 Å². The minimum absolute atomic E-state index is 0.0378. The highest BCUT2D eigenvalue weighted by molar-refractivity contribution is 6.32. The highest BCUT2D eigenvalue weighted by Crippen LogP contribution is 2.22. The predicted molar refractivity (Wildman–Crippen MR) is 123 cm³/mol. The second-order valence-corrected chi connectivity index (χ2v) is 8.32. The minimum atomic E-state index is -0.496. The average molecular weight is 479 g/mol. The molecule has 168 valence electrons. The van der Waals surface area contributed by atoms with Crippen LogP contribution in [0.5, 0.6) is 0 Å². The van der Waals surface area contributed by atoms with Crippen LogP contribution >= 0.6 is 23.2 Å². The number of benzene rings is 2. The Labute approximate surface area is 195 Å². The highest BCUT2D eigenvalue weighted by atomic mass is 35.5. The first kappa shape index (κ1) is 24.0. The van der Waals surface area contributed by atoms with Crippen molar-refractivity contribution in [1.29, 1.82) is 0 Å². The van der Waals surface area contributed by atoms with Crippen LogP contribution in [0.3, 0.4) is 0 Å². The molecule has 0 radical (unpaired) electrons. The SMILES string of the molecule is O=C(/C=C/c1c(F)cccc1Cl)NC1CCC(NC(=O)/C=C/c2c(F)cccc2Cl)CC1. The maximum Gasteiger partial charge on any atom is 0.244 e. The van der Waals surface area contributed by atoms with E-state index in [1.54, 1.807) is 12.1 Å². The number of carbonyl (C=O) groups is 2. The van der Waals surface area contributed by atoms with E-state index in [2.05, 4.69) is 10.6 Å². The molecule has 1 aliphatic carbocycles. The number of carbonyl (C=O) groups excluding carboxylic acids is 2. The molecule has 32 heavy (non-hydrogen) atoms. The Morgan fingerprint density at radius 1 is 0.750 bits per heavy atom. The maximum atomic E-state index is 13.8. The van der Waals surface area contributed by atoms with Gasteiger partial charge >= 0.3 is 0 Å². The second kappa shape index (κ2) is 11.2. The lowest BCUT2D eigenvalue weighted by Crippen LogP contribution is -2.43. The topological polar surface area (TPSA) is 58.2 Å². The van der Waals surface area contributed by atoms with Crippen LogP contribution in [0.15, 0.2) is 48.6 Å². The van der Waals surface area contributed by atoms with Gasteiger partial charge in [0.15, 0.2) is 0 Å². The Hall–Kier alpha value is -2.70. The molecular weight excluding hydrogens is 457 g/mol. The lowest BCUT2D eigenvalue weighted by molar-refractivity contribution is -0.118. The fraction of sp³-hybridized carbons (Fsp3) is 0.250. The number of rotatable bonds is 6. The summed E-state index contributed by atoms with van der Waals surface area (Å²) in [5.41, 5.74) is 0.334. The van der Waals surface area contributed by atoms with E-state index in [4.69, 9.17) is 23.2 Å². The number of hydrogen-bond donors (Lipinski definition) is 2. The van der Waals surface area contributed by atoms with Gasteiger partial charge in [0.25, 0.3) is 0 Å². The highest BCUT2D eigenvalue weighted by Gasteiger charge is 2.22. The zero-order valence-corrected chi connectivity index (χ0v) is 18.6. The van der Waals surface area contributed by atoms with Crippen LogP contribution in [-0.2, 0) is 9.59 Å². The van der Waals surface area contributed by atoms with Crippen LogP contribution in [0.25, 0.3) is 12.2 Å². The number of amides is 2. The van der Waals surface area contributed by atoms with E-state index in [0.29, 0.717) is 25.7 Å². The molecule has 2 aromatic carbocycles. The zero-order valence-electron chi connectivity index (χ0n) is 17.1. The van der Waals surface area contributed by atoms with Crippen LogP contribution in [0.1, 0.15) is 36.8 Å². The van der Waals surface area contributed by atoms with Crippen LogP contribution in [0, 0.1) is 11.6 Å². The third-order valence-electron chi connectivity index (χ3n) is 5.22. The molecule has 2 aromatic rings. The van der Waals surface area contributed by atoms with Crippen molar-refractivity contribution in [3.8, 4) is 0 Å². The lowest BCUT2D eigenvalue weighted by Gasteiger charge is -2.29. The largest absolute Gasteiger partial charge is 0.350 e. The molecule has 4 nitrogen and oxygen atoms in total. The van der Waals surface area contributed by atoms with Crippen LogP contribution in [-0.4, -0.2) is 23.9 Å². The van der Waals surface area contributed by atoms with Gasteiger partial charge < -0.3 is 10.6 Å². The summed E-state index contributed by atoms with van der Waals surface area (Å²) < 4.78 is 27.5. The average Bonchev–Trinajstić information content (AvgIpc) is 2.74. The van der Waals surface area contributed by atoms with Crippen LogP contribution < -0.4 is 10.6 Å². The van der Waals surface area contributed by atoms with Crippen molar-refractivity contribution >= 4 is 47.2 Å². The van der Waals surface area contributed by atoms with Gasteiger partial charge in [-0.1, -0.05) is 35.3 Å². The van der Waals surface area contributed by atoms with E-state index in [1.165, 1.54) is 48.6 Å². The van der Waals surface area contributed by atoms with Crippen molar-refractivity contribution in [2.75, 3.05) is 0 Å². The molecule has 1 saturated carbocycles. The molecule has 1 aliphatic rings. The third-order valence-corrected chi connectivity index (χ3v) is 5.88. The lowest BCUT2D eigenvalue weighted by atomic mass is 9.91. The Kier molecular flexibility index (Phi) is 8.42. The summed E-state index contributed by atoms with van der Waals surface area (Å²) >= 11 is 11.9. The number of hydrogen-bond acceptors (Lipinski definition) is 2. The van der Waals surface area contributed by atoms with Crippen molar-refractivity contribution in [2.45, 2.75) is 37.8 Å². The van der Waals surface area contributed by atoms with E-state index in [1.807, 2.05) is 0 Å². The van der Waals surface area contributed by atoms with Crippen molar-refractivity contribution < 1.29 is 18.4 Å². The van der Waals surface area contributed by atoms with Crippen LogP contribution in [0.4, 0.5) is 8.78 Å². The monoisotopic (exact) mass is 478 g/mol. The first-order valence-corrected chi connectivity index (χ1v) is 10.9. The van der Waals surface area contributed by atoms with Crippen LogP contribution in [0.2, 0.25) is 10.0 Å². The third kappa shape index (κ3) is 6.65. The molecule has 0 heterocycles. The summed E-state index contributed by atoms with van der Waals surface area (Å²) in [4.78, 5) is 24.3. The fourth-order valence-corrected chi connectivity index (χ4v) is 3.99. The van der Waals surface area contributed by atoms with Gasteiger partial charge in [0.05, 0.1) is 10.0 Å². The molecular formula is C24H22Cl2F2N2O2. The minimum Gasteiger partial charge on any atom is -0.350 e. The van der Waals surface area contributed by atoms with E-state index in [9.17, 15) is 18.4 Å². The predicted octanol–water partition coefficient (Wildman–Crippen LogP) is 5.54. The van der Waals surface area contributed by atoms with Gasteiger partial charge in [0.2, 0.25) is 11.8 Å². The Morgan fingerprint density at radius 2 is 1.12 bits per heavy atom. The summed E-state index contributed by atoms with van der Waals surface area (Å²) in [5, 5.41) is 6.24. The number of nitrogens with one attached hydrogen (secondary N) is 2. The van der Waals surface area contributed by atoms with Crippen molar-refractivity contribution in [3.05, 3.63) is 81.4 Å². The smallest absolute Gasteiger partial charge is 0.244 e. The molecule has 1 fully saturated rings. The molecule has 3 rings (SSSR count). The number of halogens is 4. The molecule has 0 unspecified atom stereocenters. The molecule has 0 bridgehead atoms. The Balaban J connectivity index is 1.45. The molecule has 0 aliphatic heterocycles. The Morgan fingerprint density at radius 3 is 1.47 bits per heavy atom. The van der Waals surface area contributed by atoms with Crippen molar-refractivity contribution in [1.82, 2.24) is 10.6 Å². The van der Waals surface area contributed by atoms with Gasteiger partial charge in [-0.3, -0.25) is 9.59 Å². The molecule has 0 saturated heterocycles. The summed E-state index contributed by atoms with van der Waals surface area (Å²) in [6.45, 7) is 0. The maximum absolute atomic E-state index is 13.8. The molecule has 0 aromatic heterocycles. The molecule has 2 N–H and O–H groups in total. The van der Waals surface area contributed by atoms with Crippen molar-refractivity contribution in [2.24, 2.45) is 0 Å². The van der Waals surface area contributed by atoms with Gasteiger partial charge in [-0.05, 0) is 62.1 Å². The van der Waals surface area contributed by atoms with E-state index in [0.717, 1.165) is 0 Å². The summed E-state index contributed by atoms with van der Waals surface area (Å²) in [6.07, 6.45) is 7.98. The summed E-state index contributed by atoms with van der Waals surface area (Å²) in [5.74, 6) is -1.66. The quantitative estimate of drug-likeness (QED) is 0.535. The fourth-order valence-electron chi connectivity index (χ4n) is 3.54. The van der Waals surface area contributed by atoms with E-state index in [-0.39, 0.29) is 45.1 Å². The molecule has 0 atom stereocenters. The summed E-state index contributed by atoms with van der Waals surface area (Å²) in [6, 6.07) is 8.58. The zero-order chi connectivity index (χ0) is 23.1. The van der Waals surface area contributed by atoms with Gasteiger partial charge in [-0.2, -0.15) is 0 Å². The first-order chi connectivity index (χ1) is 15.3. The van der Waals surface area contributed by atoms with Gasteiger partial charge in [0, 0.05) is 35.4 Å². The molecule has 2 amide bonds. The first-order valence-electron chi connectivity index (χ1n) is 10.2. The normalized spacial score (nSPS) is 18.8. The van der Waals surface area contributed by atoms with E-state index < -0.39 is 11.6 Å². The Bertz CT molecular complexity index is 924. The molecule has 8 heteroatoms. The summed E-state index contributed by atoms with van der Waals surface area (Å²) in [7, 11) is 0. The van der Waals surface area contributed by atoms with Crippen molar-refractivity contribution in [3.63, 3.8) is 0 Å². The van der Waals surface area contributed by atoms with E-state index >= 15 is 0 Å². The van der Waals surface area contributed by atoms with Gasteiger partial charge in [0.1, 0.15) is 11.6 Å².